The Morgan fingerprint density at radius 2 is 2.08 bits per heavy atom. The van der Waals surface area contributed by atoms with Crippen LogP contribution in [0, 0.1) is 5.82 Å². The predicted molar refractivity (Wildman–Crippen MR) is 100 cm³/mol. The largest absolute Gasteiger partial charge is 0.438 e. The molecule has 0 spiro atoms. The van der Waals surface area contributed by atoms with E-state index >= 15 is 0 Å². The number of hydrogen-bond acceptors (Lipinski definition) is 5. The zero-order valence-corrected chi connectivity index (χ0v) is 15.4. The minimum atomic E-state index is -0.578. The van der Waals surface area contributed by atoms with E-state index in [0.29, 0.717) is 5.75 Å². The van der Waals surface area contributed by atoms with Gasteiger partial charge >= 0.3 is 0 Å². The summed E-state index contributed by atoms with van der Waals surface area (Å²) in [7, 11) is 0. The number of halogens is 1. The summed E-state index contributed by atoms with van der Waals surface area (Å²) in [5.74, 6) is -0.317. The maximum absolute atomic E-state index is 13.7. The second kappa shape index (κ2) is 8.51. The number of benzene rings is 1. The number of nitrogens with zero attached hydrogens (tertiary/aromatic N) is 1. The summed E-state index contributed by atoms with van der Waals surface area (Å²) < 4.78 is 19.4. The van der Waals surface area contributed by atoms with E-state index in [1.165, 1.54) is 0 Å². The van der Waals surface area contributed by atoms with Crippen molar-refractivity contribution in [2.45, 2.75) is 42.7 Å². The Hall–Kier alpha value is -2.12. The quantitative estimate of drug-likeness (QED) is 0.779. The topological polar surface area (TPSA) is 77.2 Å². The molecule has 0 aliphatic heterocycles. The molecule has 0 bridgehead atoms. The van der Waals surface area contributed by atoms with E-state index < -0.39 is 5.82 Å². The third-order valence-corrected chi connectivity index (χ3v) is 5.15. The molecule has 7 heteroatoms. The lowest BCUT2D eigenvalue weighted by Crippen LogP contribution is -2.40. The Bertz CT molecular complexity index is 779. The molecule has 0 radical (unpaired) electrons. The van der Waals surface area contributed by atoms with Crippen molar-refractivity contribution >= 4 is 17.7 Å². The molecule has 0 atom stereocenters. The van der Waals surface area contributed by atoms with Crippen molar-refractivity contribution in [1.29, 1.82) is 0 Å². The fourth-order valence-electron chi connectivity index (χ4n) is 2.97. The Labute approximate surface area is 156 Å². The van der Waals surface area contributed by atoms with Crippen LogP contribution >= 0.6 is 11.8 Å². The fourth-order valence-corrected chi connectivity index (χ4v) is 3.42. The van der Waals surface area contributed by atoms with Crippen LogP contribution in [0.25, 0.3) is 0 Å². The van der Waals surface area contributed by atoms with Crippen LogP contribution in [-0.4, -0.2) is 29.2 Å². The number of nitrogens with two attached hydrogens (primary N) is 1. The molecule has 26 heavy (non-hydrogen) atoms. The molecule has 1 heterocycles. The third kappa shape index (κ3) is 4.74. The molecule has 1 fully saturated rings. The van der Waals surface area contributed by atoms with E-state index in [2.05, 4.69) is 10.3 Å². The van der Waals surface area contributed by atoms with Crippen molar-refractivity contribution in [3.8, 4) is 11.6 Å². The number of hydrogen-bond donors (Lipinski definition) is 2. The maximum Gasteiger partial charge on any atom is 0.257 e. The van der Waals surface area contributed by atoms with Gasteiger partial charge in [-0.3, -0.25) is 4.79 Å². The van der Waals surface area contributed by atoms with Gasteiger partial charge in [0.05, 0.1) is 6.20 Å². The number of amides is 1. The summed E-state index contributed by atoms with van der Waals surface area (Å²) in [5.41, 5.74) is 5.99. The highest BCUT2D eigenvalue weighted by Gasteiger charge is 2.23. The number of carbonyl (C=O) groups is 1. The Balaban J connectivity index is 1.77. The van der Waals surface area contributed by atoms with Crippen molar-refractivity contribution < 1.29 is 13.9 Å². The number of carbonyl (C=O) groups excluding carboxylic acids is 1. The zero-order valence-electron chi connectivity index (χ0n) is 14.6. The van der Waals surface area contributed by atoms with Crippen LogP contribution in [0.2, 0.25) is 0 Å². The second-order valence-electron chi connectivity index (χ2n) is 6.37. The van der Waals surface area contributed by atoms with Crippen molar-refractivity contribution in [2.75, 3.05) is 6.26 Å². The van der Waals surface area contributed by atoms with Crippen LogP contribution in [-0.2, 0) is 0 Å². The standard InChI is InChI=1S/C19H22FN3O2S/c1-26-16-4-2-3-15(10-16)25-19-17(9-12(20)11-22-19)18(24)23-14-7-5-13(21)6-8-14/h2-4,9-11,13-14H,5-8,21H2,1H3,(H,23,24). The van der Waals surface area contributed by atoms with E-state index in [4.69, 9.17) is 10.5 Å². The van der Waals surface area contributed by atoms with Gasteiger partial charge in [0.25, 0.3) is 5.91 Å². The van der Waals surface area contributed by atoms with Crippen molar-refractivity contribution in [3.05, 3.63) is 47.9 Å². The average Bonchev–Trinajstić information content (AvgIpc) is 2.65. The minimum absolute atomic E-state index is 0.0400. The van der Waals surface area contributed by atoms with Crippen molar-refractivity contribution in [2.24, 2.45) is 5.73 Å². The molecular formula is C19H22FN3O2S. The molecule has 2 aromatic rings. The first kappa shape index (κ1) is 18.7. The maximum atomic E-state index is 13.7. The zero-order chi connectivity index (χ0) is 18.5. The lowest BCUT2D eigenvalue weighted by Gasteiger charge is -2.27. The Morgan fingerprint density at radius 3 is 2.81 bits per heavy atom. The van der Waals surface area contributed by atoms with E-state index in [9.17, 15) is 9.18 Å². The van der Waals surface area contributed by atoms with Gasteiger partial charge in [-0.25, -0.2) is 9.37 Å². The van der Waals surface area contributed by atoms with Crippen LogP contribution < -0.4 is 15.8 Å². The van der Waals surface area contributed by atoms with Crippen molar-refractivity contribution in [1.82, 2.24) is 10.3 Å². The van der Waals surface area contributed by atoms with Gasteiger partial charge in [0.1, 0.15) is 17.1 Å². The molecule has 1 saturated carbocycles. The van der Waals surface area contributed by atoms with Gasteiger partial charge in [0, 0.05) is 17.0 Å². The van der Waals surface area contributed by atoms with Crippen LogP contribution in [0.3, 0.4) is 0 Å². The molecular weight excluding hydrogens is 353 g/mol. The number of rotatable bonds is 5. The molecule has 3 rings (SSSR count). The first-order valence-electron chi connectivity index (χ1n) is 8.59. The molecule has 5 nitrogen and oxygen atoms in total. The van der Waals surface area contributed by atoms with E-state index in [1.54, 1.807) is 17.8 Å². The third-order valence-electron chi connectivity index (χ3n) is 4.43. The predicted octanol–water partition coefficient (Wildman–Crippen LogP) is 3.73. The summed E-state index contributed by atoms with van der Waals surface area (Å²) in [6, 6.07) is 8.83. The normalized spacial score (nSPS) is 19.8. The smallest absolute Gasteiger partial charge is 0.257 e. The van der Waals surface area contributed by atoms with Crippen LogP contribution in [0.15, 0.2) is 41.4 Å². The first-order valence-corrected chi connectivity index (χ1v) is 9.81. The van der Waals surface area contributed by atoms with Gasteiger partial charge in [-0.15, -0.1) is 11.8 Å². The summed E-state index contributed by atoms with van der Waals surface area (Å²) in [6.07, 6.45) is 6.39. The highest BCUT2D eigenvalue weighted by Crippen LogP contribution is 2.27. The number of nitrogens with one attached hydrogen (secondary N) is 1. The molecule has 0 saturated heterocycles. The summed E-state index contributed by atoms with van der Waals surface area (Å²) in [6.45, 7) is 0. The molecule has 1 aliphatic carbocycles. The van der Waals surface area contributed by atoms with Gasteiger partial charge in [-0.05, 0) is 56.2 Å². The number of aromatic nitrogens is 1. The Morgan fingerprint density at radius 1 is 1.31 bits per heavy atom. The highest BCUT2D eigenvalue weighted by atomic mass is 32.2. The van der Waals surface area contributed by atoms with Crippen LogP contribution in [0.4, 0.5) is 4.39 Å². The molecule has 3 N–H and O–H groups in total. The fraction of sp³-hybridized carbons (Fsp3) is 0.368. The van der Waals surface area contributed by atoms with Gasteiger partial charge in [-0.2, -0.15) is 0 Å². The number of pyridine rings is 1. The van der Waals surface area contributed by atoms with Crippen LogP contribution in [0.5, 0.6) is 11.6 Å². The average molecular weight is 375 g/mol. The molecule has 138 valence electrons. The summed E-state index contributed by atoms with van der Waals surface area (Å²) in [4.78, 5) is 17.6. The van der Waals surface area contributed by atoms with Gasteiger partial charge in [0.15, 0.2) is 0 Å². The minimum Gasteiger partial charge on any atom is -0.438 e. The molecule has 1 aromatic heterocycles. The number of thioether (sulfide) groups is 1. The van der Waals surface area contributed by atoms with Crippen molar-refractivity contribution in [3.63, 3.8) is 0 Å². The molecule has 1 aliphatic rings. The lowest BCUT2D eigenvalue weighted by atomic mass is 9.91. The van der Waals surface area contributed by atoms with E-state index in [-0.39, 0.29) is 29.4 Å². The molecule has 1 amide bonds. The SMILES string of the molecule is CSc1cccc(Oc2ncc(F)cc2C(=O)NC2CCC(N)CC2)c1. The first-order chi connectivity index (χ1) is 12.5. The number of ether oxygens (including phenoxy) is 1. The van der Waals surface area contributed by atoms with Crippen LogP contribution in [0.1, 0.15) is 36.0 Å². The lowest BCUT2D eigenvalue weighted by molar-refractivity contribution is 0.0922. The summed E-state index contributed by atoms with van der Waals surface area (Å²) in [5, 5.41) is 2.95. The van der Waals surface area contributed by atoms with Gasteiger partial charge in [0.2, 0.25) is 5.88 Å². The van der Waals surface area contributed by atoms with E-state index in [0.717, 1.165) is 42.8 Å². The Kier molecular flexibility index (Phi) is 6.11. The molecule has 1 aromatic carbocycles. The van der Waals surface area contributed by atoms with Gasteiger partial charge < -0.3 is 15.8 Å². The summed E-state index contributed by atoms with van der Waals surface area (Å²) >= 11 is 1.58. The second-order valence-corrected chi connectivity index (χ2v) is 7.25. The molecule has 0 unspecified atom stereocenters. The highest BCUT2D eigenvalue weighted by molar-refractivity contribution is 7.98. The van der Waals surface area contributed by atoms with E-state index in [1.807, 2.05) is 24.5 Å². The van der Waals surface area contributed by atoms with Gasteiger partial charge in [-0.1, -0.05) is 6.07 Å². The monoisotopic (exact) mass is 375 g/mol.